The maximum Gasteiger partial charge on any atom is 0.137 e. The molecule has 23 heavy (non-hydrogen) atoms. The number of hydrogen-bond donors (Lipinski definition) is 1. The van der Waals surface area contributed by atoms with E-state index in [1.54, 1.807) is 12.1 Å². The van der Waals surface area contributed by atoms with Crippen LogP contribution in [0.2, 0.25) is 0 Å². The summed E-state index contributed by atoms with van der Waals surface area (Å²) in [6.07, 6.45) is 2.54. The fourth-order valence-electron chi connectivity index (χ4n) is 3.80. The van der Waals surface area contributed by atoms with Crippen LogP contribution in [0, 0.1) is 11.2 Å². The predicted molar refractivity (Wildman–Crippen MR) is 91.2 cm³/mol. The highest BCUT2D eigenvalue weighted by Crippen LogP contribution is 2.37. The lowest BCUT2D eigenvalue weighted by molar-refractivity contribution is 0.252. The molecule has 4 rings (SSSR count). The molecular formula is C18H22ClFN2O. The first-order valence-corrected chi connectivity index (χ1v) is 8.01. The number of furan rings is 1. The monoisotopic (exact) mass is 336 g/mol. The zero-order valence-electron chi connectivity index (χ0n) is 13.1. The molecular weight excluding hydrogens is 315 g/mol. The Hall–Kier alpha value is -1.36. The summed E-state index contributed by atoms with van der Waals surface area (Å²) in [4.78, 5) is 2.46. The summed E-state index contributed by atoms with van der Waals surface area (Å²) in [5, 5.41) is 3.48. The van der Waals surface area contributed by atoms with Crippen LogP contribution in [0.25, 0.3) is 11.3 Å². The largest absolute Gasteiger partial charge is 0.460 e. The van der Waals surface area contributed by atoms with E-state index in [9.17, 15) is 4.39 Å². The summed E-state index contributed by atoms with van der Waals surface area (Å²) in [5.41, 5.74) is 1.01. The fourth-order valence-corrected chi connectivity index (χ4v) is 3.80. The van der Waals surface area contributed by atoms with Gasteiger partial charge in [0.25, 0.3) is 0 Å². The fraction of sp³-hybridized carbons (Fsp3) is 0.444. The Labute approximate surface area is 142 Å². The minimum Gasteiger partial charge on any atom is -0.460 e. The summed E-state index contributed by atoms with van der Waals surface area (Å²) >= 11 is 0. The van der Waals surface area contributed by atoms with Crippen molar-refractivity contribution >= 4 is 12.4 Å². The Morgan fingerprint density at radius 1 is 1.17 bits per heavy atom. The molecule has 1 atom stereocenters. The van der Waals surface area contributed by atoms with Crippen LogP contribution in [-0.4, -0.2) is 31.1 Å². The molecule has 0 aliphatic carbocycles. The molecule has 0 radical (unpaired) electrons. The van der Waals surface area contributed by atoms with E-state index in [1.165, 1.54) is 18.9 Å². The highest BCUT2D eigenvalue weighted by Gasteiger charge is 2.40. The second kappa shape index (κ2) is 6.63. The van der Waals surface area contributed by atoms with E-state index in [-0.39, 0.29) is 18.2 Å². The quantitative estimate of drug-likeness (QED) is 0.926. The van der Waals surface area contributed by atoms with E-state index in [4.69, 9.17) is 4.42 Å². The maximum absolute atomic E-state index is 13.8. The van der Waals surface area contributed by atoms with Gasteiger partial charge in [-0.15, -0.1) is 12.4 Å². The van der Waals surface area contributed by atoms with Gasteiger partial charge in [0, 0.05) is 13.1 Å². The standard InChI is InChI=1S/C18H21FN2O.ClH/c19-16-4-2-1-3-15(16)17-6-5-14(22-17)11-21-10-8-18(13-21)7-9-20-12-18;/h1-6,20H,7-13H2;1H. The Morgan fingerprint density at radius 3 is 2.83 bits per heavy atom. The first-order chi connectivity index (χ1) is 10.7. The molecule has 124 valence electrons. The molecule has 3 nitrogen and oxygen atoms in total. The molecule has 0 bridgehead atoms. The first kappa shape index (κ1) is 16.5. The van der Waals surface area contributed by atoms with Crippen LogP contribution in [0.5, 0.6) is 0 Å². The topological polar surface area (TPSA) is 28.4 Å². The van der Waals surface area contributed by atoms with Gasteiger partial charge in [-0.25, -0.2) is 4.39 Å². The zero-order valence-corrected chi connectivity index (χ0v) is 13.9. The van der Waals surface area contributed by atoms with Crippen LogP contribution in [0.3, 0.4) is 0 Å². The zero-order chi connectivity index (χ0) is 15.0. The molecule has 3 heterocycles. The van der Waals surface area contributed by atoms with E-state index in [0.29, 0.717) is 16.7 Å². The molecule has 1 spiro atoms. The van der Waals surface area contributed by atoms with E-state index in [2.05, 4.69) is 10.2 Å². The molecule has 2 aliphatic rings. The average Bonchev–Trinajstić information content (AvgIpc) is 3.24. The van der Waals surface area contributed by atoms with Gasteiger partial charge in [-0.1, -0.05) is 12.1 Å². The summed E-state index contributed by atoms with van der Waals surface area (Å²) in [7, 11) is 0. The van der Waals surface area contributed by atoms with Gasteiger partial charge in [0.2, 0.25) is 0 Å². The van der Waals surface area contributed by atoms with Crippen LogP contribution in [0.4, 0.5) is 4.39 Å². The lowest BCUT2D eigenvalue weighted by Gasteiger charge is -2.22. The van der Waals surface area contributed by atoms with Crippen LogP contribution in [0.1, 0.15) is 18.6 Å². The maximum atomic E-state index is 13.8. The third-order valence-corrected chi connectivity index (χ3v) is 5.03. The van der Waals surface area contributed by atoms with Crippen LogP contribution in [-0.2, 0) is 6.54 Å². The normalized spacial score (nSPS) is 24.2. The van der Waals surface area contributed by atoms with Crippen LogP contribution < -0.4 is 5.32 Å². The van der Waals surface area contributed by atoms with Crippen molar-refractivity contribution in [3.05, 3.63) is 48.0 Å². The van der Waals surface area contributed by atoms with Crippen molar-refractivity contribution in [3.8, 4) is 11.3 Å². The number of benzene rings is 1. The van der Waals surface area contributed by atoms with Crippen molar-refractivity contribution in [2.75, 3.05) is 26.2 Å². The molecule has 1 aromatic carbocycles. The van der Waals surface area contributed by atoms with Crippen molar-refractivity contribution in [3.63, 3.8) is 0 Å². The highest BCUT2D eigenvalue weighted by atomic mass is 35.5. The average molecular weight is 337 g/mol. The van der Waals surface area contributed by atoms with Gasteiger partial charge >= 0.3 is 0 Å². The molecule has 1 N–H and O–H groups in total. The first-order valence-electron chi connectivity index (χ1n) is 8.01. The van der Waals surface area contributed by atoms with Crippen LogP contribution in [0.15, 0.2) is 40.8 Å². The molecule has 2 fully saturated rings. The van der Waals surface area contributed by atoms with Gasteiger partial charge in [0.05, 0.1) is 12.1 Å². The van der Waals surface area contributed by atoms with E-state index >= 15 is 0 Å². The number of nitrogens with zero attached hydrogens (tertiary/aromatic N) is 1. The van der Waals surface area contributed by atoms with Crippen molar-refractivity contribution < 1.29 is 8.81 Å². The van der Waals surface area contributed by atoms with Gasteiger partial charge in [0.1, 0.15) is 17.3 Å². The van der Waals surface area contributed by atoms with Gasteiger partial charge in [-0.05, 0) is 55.6 Å². The minimum atomic E-state index is -0.236. The molecule has 2 aromatic rings. The van der Waals surface area contributed by atoms with Crippen molar-refractivity contribution in [1.82, 2.24) is 10.2 Å². The van der Waals surface area contributed by atoms with Crippen molar-refractivity contribution in [2.24, 2.45) is 5.41 Å². The molecule has 0 amide bonds. The van der Waals surface area contributed by atoms with Gasteiger partial charge in [-0.3, -0.25) is 4.90 Å². The smallest absolute Gasteiger partial charge is 0.137 e. The number of likely N-dealkylation sites (tertiary alicyclic amines) is 1. The van der Waals surface area contributed by atoms with Crippen LogP contribution >= 0.6 is 12.4 Å². The number of hydrogen-bond acceptors (Lipinski definition) is 3. The summed E-state index contributed by atoms with van der Waals surface area (Å²) in [6, 6.07) is 10.6. The van der Waals surface area contributed by atoms with Gasteiger partial charge in [0.15, 0.2) is 0 Å². The second-order valence-electron chi connectivity index (χ2n) is 6.63. The second-order valence-corrected chi connectivity index (χ2v) is 6.63. The number of rotatable bonds is 3. The van der Waals surface area contributed by atoms with E-state index in [1.807, 2.05) is 18.2 Å². The molecule has 1 unspecified atom stereocenters. The Balaban J connectivity index is 0.00000156. The van der Waals surface area contributed by atoms with Crippen molar-refractivity contribution in [1.29, 1.82) is 0 Å². The Bertz CT molecular complexity index is 667. The van der Waals surface area contributed by atoms with E-state index in [0.717, 1.165) is 38.5 Å². The molecule has 2 aliphatic heterocycles. The summed E-state index contributed by atoms with van der Waals surface area (Å²) in [6.45, 7) is 5.36. The molecule has 1 aromatic heterocycles. The summed E-state index contributed by atoms with van der Waals surface area (Å²) < 4.78 is 19.7. The SMILES string of the molecule is Cl.Fc1ccccc1-c1ccc(CN2CCC3(CCNC3)C2)o1. The number of halogens is 2. The third kappa shape index (κ3) is 3.30. The van der Waals surface area contributed by atoms with Gasteiger partial charge in [-0.2, -0.15) is 0 Å². The highest BCUT2D eigenvalue weighted by molar-refractivity contribution is 5.85. The Morgan fingerprint density at radius 2 is 2.04 bits per heavy atom. The lowest BCUT2D eigenvalue weighted by Crippen LogP contribution is -2.28. The number of nitrogens with one attached hydrogen (secondary N) is 1. The van der Waals surface area contributed by atoms with Crippen molar-refractivity contribution in [2.45, 2.75) is 19.4 Å². The molecule has 5 heteroatoms. The summed E-state index contributed by atoms with van der Waals surface area (Å²) in [5.74, 6) is 1.30. The van der Waals surface area contributed by atoms with Gasteiger partial charge < -0.3 is 9.73 Å². The molecule has 2 saturated heterocycles. The molecule has 0 saturated carbocycles. The third-order valence-electron chi connectivity index (χ3n) is 5.03. The lowest BCUT2D eigenvalue weighted by atomic mass is 9.87. The van der Waals surface area contributed by atoms with E-state index < -0.39 is 0 Å². The predicted octanol–water partition coefficient (Wildman–Crippen LogP) is 3.69. The Kier molecular flexibility index (Phi) is 4.76. The minimum absolute atomic E-state index is 0.